The number of aryl methyl sites for hydroxylation is 1. The van der Waals surface area contributed by atoms with Crippen LogP contribution < -0.4 is 5.32 Å². The van der Waals surface area contributed by atoms with E-state index < -0.39 is 5.97 Å². The van der Waals surface area contributed by atoms with Crippen LogP contribution in [0.1, 0.15) is 47.6 Å². The highest BCUT2D eigenvalue weighted by atomic mass is 32.1. The van der Waals surface area contributed by atoms with E-state index in [0.717, 1.165) is 24.4 Å². The van der Waals surface area contributed by atoms with Crippen LogP contribution in [-0.2, 0) is 12.8 Å². The molecule has 1 rings (SSSR count). The van der Waals surface area contributed by atoms with Crippen molar-refractivity contribution in [1.29, 1.82) is 0 Å². The Morgan fingerprint density at radius 1 is 1.53 bits per heavy atom. The zero-order valence-corrected chi connectivity index (χ0v) is 11.4. The lowest BCUT2D eigenvalue weighted by molar-refractivity contribution is 0.0701. The smallest absolute Gasteiger partial charge is 0.347 e. The number of thiazole rings is 1. The van der Waals surface area contributed by atoms with Crippen LogP contribution in [0, 0.1) is 0 Å². The normalized spacial score (nSPS) is 12.6. The van der Waals surface area contributed by atoms with Crippen LogP contribution >= 0.6 is 11.3 Å². The molecule has 0 aliphatic rings. The van der Waals surface area contributed by atoms with Crippen molar-refractivity contribution in [1.82, 2.24) is 10.3 Å². The number of carboxylic acids is 1. The molecule has 0 bridgehead atoms. The summed E-state index contributed by atoms with van der Waals surface area (Å²) in [5.74, 6) is -0.861. The maximum atomic E-state index is 11.0. The summed E-state index contributed by atoms with van der Waals surface area (Å²) in [5.41, 5.74) is 0.709. The molecule has 17 heavy (non-hydrogen) atoms. The molecule has 0 saturated heterocycles. The first kappa shape index (κ1) is 14.1. The number of nitrogens with one attached hydrogen (secondary N) is 1. The fourth-order valence-corrected chi connectivity index (χ4v) is 2.48. The van der Waals surface area contributed by atoms with Gasteiger partial charge in [0, 0.05) is 19.0 Å². The SMILES string of the molecule is CCc1nc(CCNC(C)CC)sc1C(=O)O. The van der Waals surface area contributed by atoms with Crippen LogP contribution in [-0.4, -0.2) is 28.6 Å². The number of rotatable bonds is 7. The molecule has 1 unspecified atom stereocenters. The third kappa shape index (κ3) is 4.09. The topological polar surface area (TPSA) is 62.2 Å². The second kappa shape index (κ2) is 6.71. The summed E-state index contributed by atoms with van der Waals surface area (Å²) in [7, 11) is 0. The van der Waals surface area contributed by atoms with Crippen LogP contribution in [0.4, 0.5) is 0 Å². The van der Waals surface area contributed by atoms with E-state index >= 15 is 0 Å². The van der Waals surface area contributed by atoms with Gasteiger partial charge in [-0.05, 0) is 19.8 Å². The van der Waals surface area contributed by atoms with Gasteiger partial charge in [0.15, 0.2) is 0 Å². The predicted molar refractivity (Wildman–Crippen MR) is 69.9 cm³/mol. The molecule has 0 aliphatic carbocycles. The second-order valence-electron chi connectivity index (χ2n) is 4.06. The minimum atomic E-state index is -0.861. The third-order valence-corrected chi connectivity index (χ3v) is 3.86. The monoisotopic (exact) mass is 256 g/mol. The molecule has 1 heterocycles. The van der Waals surface area contributed by atoms with Crippen LogP contribution in [0.25, 0.3) is 0 Å². The number of hydrogen-bond acceptors (Lipinski definition) is 4. The lowest BCUT2D eigenvalue weighted by Gasteiger charge is -2.09. The molecular formula is C12H20N2O2S. The van der Waals surface area contributed by atoms with Crippen molar-refractivity contribution < 1.29 is 9.90 Å². The highest BCUT2D eigenvalue weighted by Crippen LogP contribution is 2.19. The number of aromatic carboxylic acids is 1. The first-order valence-corrected chi connectivity index (χ1v) is 6.85. The number of aromatic nitrogens is 1. The van der Waals surface area contributed by atoms with Crippen LogP contribution in [0.15, 0.2) is 0 Å². The van der Waals surface area contributed by atoms with Gasteiger partial charge in [0.1, 0.15) is 4.88 Å². The number of carboxylic acid groups (broad SMARTS) is 1. The van der Waals surface area contributed by atoms with Crippen molar-refractivity contribution in [3.8, 4) is 0 Å². The Kier molecular flexibility index (Phi) is 5.58. The molecule has 0 saturated carbocycles. The van der Waals surface area contributed by atoms with Gasteiger partial charge in [-0.25, -0.2) is 9.78 Å². The first-order chi connectivity index (χ1) is 8.08. The molecule has 1 aromatic heterocycles. The van der Waals surface area contributed by atoms with Crippen molar-refractivity contribution in [2.45, 2.75) is 46.1 Å². The zero-order valence-electron chi connectivity index (χ0n) is 10.6. The van der Waals surface area contributed by atoms with Gasteiger partial charge in [-0.15, -0.1) is 11.3 Å². The van der Waals surface area contributed by atoms with Gasteiger partial charge >= 0.3 is 5.97 Å². The fraction of sp³-hybridized carbons (Fsp3) is 0.667. The molecule has 0 spiro atoms. The van der Waals surface area contributed by atoms with Gasteiger partial charge in [-0.2, -0.15) is 0 Å². The Morgan fingerprint density at radius 2 is 2.24 bits per heavy atom. The summed E-state index contributed by atoms with van der Waals surface area (Å²) in [6.07, 6.45) is 2.57. The van der Waals surface area contributed by atoms with Gasteiger partial charge in [-0.1, -0.05) is 13.8 Å². The molecule has 4 nitrogen and oxygen atoms in total. The molecule has 1 aromatic rings. The minimum absolute atomic E-state index is 0.394. The molecule has 0 radical (unpaired) electrons. The van der Waals surface area contributed by atoms with E-state index in [0.29, 0.717) is 23.0 Å². The fourth-order valence-electron chi connectivity index (χ4n) is 1.48. The Labute approximate surface area is 106 Å². The van der Waals surface area contributed by atoms with E-state index in [4.69, 9.17) is 5.11 Å². The molecule has 2 N–H and O–H groups in total. The minimum Gasteiger partial charge on any atom is -0.477 e. The Bertz CT molecular complexity index is 377. The molecular weight excluding hydrogens is 236 g/mol. The molecule has 0 amide bonds. The van der Waals surface area contributed by atoms with Gasteiger partial charge in [0.2, 0.25) is 0 Å². The van der Waals surface area contributed by atoms with Crippen LogP contribution in [0.2, 0.25) is 0 Å². The van der Waals surface area contributed by atoms with Crippen LogP contribution in [0.5, 0.6) is 0 Å². The van der Waals surface area contributed by atoms with Crippen molar-refractivity contribution >= 4 is 17.3 Å². The summed E-state index contributed by atoms with van der Waals surface area (Å²) in [6, 6.07) is 0.500. The van der Waals surface area contributed by atoms with E-state index in [1.807, 2.05) is 6.92 Å². The maximum absolute atomic E-state index is 11.0. The Morgan fingerprint density at radius 3 is 2.71 bits per heavy atom. The summed E-state index contributed by atoms with van der Waals surface area (Å²) in [4.78, 5) is 15.7. The predicted octanol–water partition coefficient (Wildman–Crippen LogP) is 2.33. The average molecular weight is 256 g/mol. The standard InChI is InChI=1S/C12H20N2O2S/c1-4-8(3)13-7-6-10-14-9(5-2)11(17-10)12(15)16/h8,13H,4-7H2,1-3H3,(H,15,16). The van der Waals surface area contributed by atoms with Crippen molar-refractivity contribution in [2.75, 3.05) is 6.54 Å². The van der Waals surface area contributed by atoms with Gasteiger partial charge < -0.3 is 10.4 Å². The summed E-state index contributed by atoms with van der Waals surface area (Å²) >= 11 is 1.30. The third-order valence-electron chi connectivity index (χ3n) is 2.71. The Balaban J connectivity index is 2.57. The van der Waals surface area contributed by atoms with E-state index in [1.54, 1.807) is 0 Å². The van der Waals surface area contributed by atoms with Gasteiger partial charge in [-0.3, -0.25) is 0 Å². The molecule has 1 atom stereocenters. The first-order valence-electron chi connectivity index (χ1n) is 6.03. The van der Waals surface area contributed by atoms with Gasteiger partial charge in [0.05, 0.1) is 10.7 Å². The van der Waals surface area contributed by atoms with Gasteiger partial charge in [0.25, 0.3) is 0 Å². The lowest BCUT2D eigenvalue weighted by Crippen LogP contribution is -2.27. The largest absolute Gasteiger partial charge is 0.477 e. The molecule has 0 aliphatic heterocycles. The number of nitrogens with zero attached hydrogens (tertiary/aromatic N) is 1. The molecule has 0 aromatic carbocycles. The molecule has 0 fully saturated rings. The van der Waals surface area contributed by atoms with E-state index in [9.17, 15) is 4.79 Å². The van der Waals surface area contributed by atoms with E-state index in [1.165, 1.54) is 11.3 Å². The van der Waals surface area contributed by atoms with Crippen molar-refractivity contribution in [2.24, 2.45) is 0 Å². The lowest BCUT2D eigenvalue weighted by atomic mass is 10.2. The van der Waals surface area contributed by atoms with Crippen LogP contribution in [0.3, 0.4) is 0 Å². The summed E-state index contributed by atoms with van der Waals surface area (Å²) in [6.45, 7) is 7.06. The molecule has 96 valence electrons. The second-order valence-corrected chi connectivity index (χ2v) is 5.14. The number of carbonyl (C=O) groups is 1. The Hall–Kier alpha value is -0.940. The van der Waals surface area contributed by atoms with Crippen molar-refractivity contribution in [3.05, 3.63) is 15.6 Å². The number of hydrogen-bond donors (Lipinski definition) is 2. The molecule has 5 heteroatoms. The van der Waals surface area contributed by atoms with E-state index in [-0.39, 0.29) is 0 Å². The maximum Gasteiger partial charge on any atom is 0.347 e. The summed E-state index contributed by atoms with van der Waals surface area (Å²) in [5, 5.41) is 13.3. The zero-order chi connectivity index (χ0) is 12.8. The highest BCUT2D eigenvalue weighted by molar-refractivity contribution is 7.13. The van der Waals surface area contributed by atoms with E-state index in [2.05, 4.69) is 24.1 Å². The van der Waals surface area contributed by atoms with Crippen molar-refractivity contribution in [3.63, 3.8) is 0 Å². The highest BCUT2D eigenvalue weighted by Gasteiger charge is 2.15. The quantitative estimate of drug-likeness (QED) is 0.786. The average Bonchev–Trinajstić information content (AvgIpc) is 2.72. The summed E-state index contributed by atoms with van der Waals surface area (Å²) < 4.78 is 0.